The van der Waals surface area contributed by atoms with Gasteiger partial charge in [-0.05, 0) is 43.2 Å². The summed E-state index contributed by atoms with van der Waals surface area (Å²) in [6.07, 6.45) is 6.43. The fourth-order valence-electron chi connectivity index (χ4n) is 5.32. The van der Waals surface area contributed by atoms with Gasteiger partial charge in [-0.1, -0.05) is 25.5 Å². The first kappa shape index (κ1) is 15.9. The molecule has 4 rings (SSSR count). The van der Waals surface area contributed by atoms with E-state index in [2.05, 4.69) is 24.4 Å². The third-order valence-corrected chi connectivity index (χ3v) is 6.13. The molecule has 4 atom stereocenters. The Morgan fingerprint density at radius 1 is 1.42 bits per heavy atom. The largest absolute Gasteiger partial charge is 0.496 e. The van der Waals surface area contributed by atoms with E-state index in [1.54, 1.807) is 13.2 Å². The molecule has 2 aliphatic carbocycles. The fourth-order valence-corrected chi connectivity index (χ4v) is 5.32. The average molecular weight is 327 g/mol. The van der Waals surface area contributed by atoms with Crippen LogP contribution in [-0.2, 0) is 28.0 Å². The van der Waals surface area contributed by atoms with E-state index in [1.165, 1.54) is 11.1 Å². The van der Waals surface area contributed by atoms with Crippen LogP contribution >= 0.6 is 0 Å². The topological polar surface area (TPSA) is 47.6 Å². The lowest BCUT2D eigenvalue weighted by Crippen LogP contribution is -2.62. The highest BCUT2D eigenvalue weighted by molar-refractivity contribution is 5.97. The average Bonchev–Trinajstić information content (AvgIpc) is 2.60. The molecule has 4 nitrogen and oxygen atoms in total. The Morgan fingerprint density at radius 2 is 2.25 bits per heavy atom. The van der Waals surface area contributed by atoms with Crippen LogP contribution in [0.1, 0.15) is 36.5 Å². The molecule has 1 aliphatic heterocycles. The second-order valence-corrected chi connectivity index (χ2v) is 7.15. The van der Waals surface area contributed by atoms with Crippen LogP contribution in [0.15, 0.2) is 24.3 Å². The minimum atomic E-state index is -0.373. The van der Waals surface area contributed by atoms with Crippen molar-refractivity contribution in [1.29, 1.82) is 0 Å². The van der Waals surface area contributed by atoms with Crippen LogP contribution in [0.4, 0.5) is 0 Å². The molecule has 0 spiro atoms. The molecule has 0 radical (unpaired) electrons. The Bertz CT molecular complexity index is 711. The SMILES string of the molecule is CCC[C@]12c3c4ccc(OC)c3CO[C@H]1C(=O)C=CC2[C@H](NC)C4. The van der Waals surface area contributed by atoms with Crippen LogP contribution in [0.25, 0.3) is 0 Å². The lowest BCUT2D eigenvalue weighted by molar-refractivity contribution is -0.140. The summed E-state index contributed by atoms with van der Waals surface area (Å²) in [5, 5.41) is 3.49. The van der Waals surface area contributed by atoms with Crippen molar-refractivity contribution in [3.05, 3.63) is 41.0 Å². The Labute approximate surface area is 143 Å². The molecule has 0 aromatic heterocycles. The van der Waals surface area contributed by atoms with E-state index in [4.69, 9.17) is 9.47 Å². The van der Waals surface area contributed by atoms with Gasteiger partial charge in [0.25, 0.3) is 0 Å². The van der Waals surface area contributed by atoms with Gasteiger partial charge in [0, 0.05) is 22.9 Å². The minimum Gasteiger partial charge on any atom is -0.496 e. The molecule has 0 bridgehead atoms. The number of hydrogen-bond donors (Lipinski definition) is 1. The number of ketones is 1. The molecule has 1 heterocycles. The van der Waals surface area contributed by atoms with Gasteiger partial charge in [0.2, 0.25) is 0 Å². The summed E-state index contributed by atoms with van der Waals surface area (Å²) in [7, 11) is 3.72. The number of rotatable bonds is 4. The van der Waals surface area contributed by atoms with Crippen LogP contribution < -0.4 is 10.1 Å². The summed E-state index contributed by atoms with van der Waals surface area (Å²) in [4.78, 5) is 12.7. The summed E-state index contributed by atoms with van der Waals surface area (Å²) in [5.41, 5.74) is 3.53. The van der Waals surface area contributed by atoms with Crippen molar-refractivity contribution in [2.24, 2.45) is 5.92 Å². The number of likely N-dealkylation sites (N-methyl/N-ethyl adjacent to an activating group) is 1. The molecule has 128 valence electrons. The van der Waals surface area contributed by atoms with Gasteiger partial charge in [-0.25, -0.2) is 0 Å². The molecular formula is C20H25NO3. The number of carbonyl (C=O) groups is 1. The highest BCUT2D eigenvalue weighted by Gasteiger charge is 2.58. The fraction of sp³-hybridized carbons (Fsp3) is 0.550. The molecule has 1 unspecified atom stereocenters. The summed E-state index contributed by atoms with van der Waals surface area (Å²) in [6.45, 7) is 2.65. The Hall–Kier alpha value is -1.65. The van der Waals surface area contributed by atoms with Crippen molar-refractivity contribution in [3.8, 4) is 5.75 Å². The second-order valence-electron chi connectivity index (χ2n) is 7.15. The maximum atomic E-state index is 12.7. The van der Waals surface area contributed by atoms with Crippen LogP contribution in [0.2, 0.25) is 0 Å². The second kappa shape index (κ2) is 5.71. The zero-order valence-electron chi connectivity index (χ0n) is 14.6. The van der Waals surface area contributed by atoms with E-state index in [0.717, 1.165) is 30.6 Å². The summed E-state index contributed by atoms with van der Waals surface area (Å²) in [5.74, 6) is 1.26. The molecule has 3 aliphatic rings. The van der Waals surface area contributed by atoms with Crippen molar-refractivity contribution in [1.82, 2.24) is 5.32 Å². The van der Waals surface area contributed by atoms with E-state index in [1.807, 2.05) is 13.1 Å². The summed E-state index contributed by atoms with van der Waals surface area (Å²) >= 11 is 0. The molecule has 0 saturated carbocycles. The molecule has 1 N–H and O–H groups in total. The van der Waals surface area contributed by atoms with Gasteiger partial charge in [-0.2, -0.15) is 0 Å². The van der Waals surface area contributed by atoms with E-state index in [-0.39, 0.29) is 23.2 Å². The van der Waals surface area contributed by atoms with Crippen molar-refractivity contribution in [3.63, 3.8) is 0 Å². The van der Waals surface area contributed by atoms with Gasteiger partial charge in [0.05, 0.1) is 13.7 Å². The molecule has 0 fully saturated rings. The zero-order valence-corrected chi connectivity index (χ0v) is 14.6. The number of benzene rings is 1. The Morgan fingerprint density at radius 3 is 2.96 bits per heavy atom. The van der Waals surface area contributed by atoms with E-state index < -0.39 is 0 Å². The number of methoxy groups -OCH3 is 1. The monoisotopic (exact) mass is 327 g/mol. The van der Waals surface area contributed by atoms with E-state index in [9.17, 15) is 4.79 Å². The minimum absolute atomic E-state index is 0.107. The van der Waals surface area contributed by atoms with Gasteiger partial charge in [0.1, 0.15) is 11.9 Å². The predicted octanol–water partition coefficient (Wildman–Crippen LogP) is 2.53. The smallest absolute Gasteiger partial charge is 0.185 e. The molecule has 4 heteroatoms. The highest BCUT2D eigenvalue weighted by atomic mass is 16.5. The lowest BCUT2D eigenvalue weighted by atomic mass is 9.52. The number of ether oxygens (including phenoxy) is 2. The normalized spacial score (nSPS) is 33.3. The van der Waals surface area contributed by atoms with Crippen molar-refractivity contribution in [2.45, 2.75) is 50.4 Å². The third kappa shape index (κ3) is 1.90. The first-order valence-electron chi connectivity index (χ1n) is 8.87. The molecule has 1 aromatic carbocycles. The van der Waals surface area contributed by atoms with Gasteiger partial charge >= 0.3 is 0 Å². The first-order valence-corrected chi connectivity index (χ1v) is 8.87. The van der Waals surface area contributed by atoms with Crippen LogP contribution in [-0.4, -0.2) is 32.1 Å². The molecule has 0 amide bonds. The molecular weight excluding hydrogens is 302 g/mol. The molecule has 24 heavy (non-hydrogen) atoms. The van der Waals surface area contributed by atoms with E-state index in [0.29, 0.717) is 12.6 Å². The lowest BCUT2D eigenvalue weighted by Gasteiger charge is -2.55. The summed E-state index contributed by atoms with van der Waals surface area (Å²) < 4.78 is 11.8. The first-order chi connectivity index (χ1) is 11.7. The van der Waals surface area contributed by atoms with Crippen molar-refractivity contribution < 1.29 is 14.3 Å². The Balaban J connectivity index is 2.04. The zero-order chi connectivity index (χ0) is 16.9. The van der Waals surface area contributed by atoms with Crippen molar-refractivity contribution >= 4 is 5.78 Å². The summed E-state index contributed by atoms with van der Waals surface area (Å²) in [6, 6.07) is 4.55. The quantitative estimate of drug-likeness (QED) is 0.923. The number of carbonyl (C=O) groups excluding carboxylic acids is 1. The van der Waals surface area contributed by atoms with Gasteiger partial charge in [-0.15, -0.1) is 0 Å². The van der Waals surface area contributed by atoms with E-state index >= 15 is 0 Å². The van der Waals surface area contributed by atoms with Gasteiger partial charge in [0.15, 0.2) is 5.78 Å². The molecule has 1 aromatic rings. The Kier molecular flexibility index (Phi) is 3.77. The predicted molar refractivity (Wildman–Crippen MR) is 92.3 cm³/mol. The maximum Gasteiger partial charge on any atom is 0.185 e. The van der Waals surface area contributed by atoms with Crippen molar-refractivity contribution in [2.75, 3.05) is 14.2 Å². The highest BCUT2D eigenvalue weighted by Crippen LogP contribution is 2.55. The maximum absolute atomic E-state index is 12.7. The van der Waals surface area contributed by atoms with Gasteiger partial charge < -0.3 is 14.8 Å². The van der Waals surface area contributed by atoms with Crippen LogP contribution in [0, 0.1) is 5.92 Å². The standard InChI is InChI=1S/C20H25NO3/c1-4-9-20-14-6-7-16(22)19(20)24-11-13-17(23-3)8-5-12(18(13)20)10-15(14)21-2/h5-8,14-15,19,21H,4,9-11H2,1-3H3/t14?,15-,19+,20+/m1/s1. The number of nitrogens with one attached hydrogen (secondary N) is 1. The molecule has 0 saturated heterocycles. The third-order valence-electron chi connectivity index (χ3n) is 6.13. The van der Waals surface area contributed by atoms with Gasteiger partial charge in [-0.3, -0.25) is 4.79 Å². The number of hydrogen-bond acceptors (Lipinski definition) is 4. The van der Waals surface area contributed by atoms with Crippen LogP contribution in [0.5, 0.6) is 5.75 Å². The van der Waals surface area contributed by atoms with Crippen LogP contribution in [0.3, 0.4) is 0 Å².